The summed E-state index contributed by atoms with van der Waals surface area (Å²) < 4.78 is 1.67. The Balaban J connectivity index is 1.20. The van der Waals surface area contributed by atoms with Crippen molar-refractivity contribution < 1.29 is 4.79 Å². The lowest BCUT2D eigenvalue weighted by Crippen LogP contribution is -2.35. The lowest BCUT2D eigenvalue weighted by Gasteiger charge is -2.32. The highest BCUT2D eigenvalue weighted by Gasteiger charge is 2.21. The van der Waals surface area contributed by atoms with Crippen LogP contribution in [0.15, 0.2) is 83.7 Å². The maximum atomic E-state index is 13.2. The first-order valence-electron chi connectivity index (χ1n) is 13.2. The van der Waals surface area contributed by atoms with E-state index in [1.165, 1.54) is 18.1 Å². The first-order chi connectivity index (χ1) is 18.1. The number of nitrogens with zero attached hydrogens (tertiary/aromatic N) is 3. The third-order valence-corrected chi connectivity index (χ3v) is 7.27. The summed E-state index contributed by atoms with van der Waals surface area (Å²) in [5, 5.41) is 9.38. The van der Waals surface area contributed by atoms with Crippen LogP contribution in [-0.4, -0.2) is 40.2 Å². The van der Waals surface area contributed by atoms with E-state index < -0.39 is 0 Å². The molecular formula is C31H34N4O2. The van der Waals surface area contributed by atoms with Crippen LogP contribution in [0, 0.1) is 0 Å². The molecule has 1 N–H and O–H groups in total. The molecule has 0 aliphatic carbocycles. The van der Waals surface area contributed by atoms with Crippen molar-refractivity contribution in [2.75, 3.05) is 25.0 Å². The number of aromatic nitrogens is 2. The van der Waals surface area contributed by atoms with Crippen LogP contribution in [0.2, 0.25) is 0 Å². The maximum Gasteiger partial charge on any atom is 0.274 e. The summed E-state index contributed by atoms with van der Waals surface area (Å²) in [4.78, 5) is 27.1. The van der Waals surface area contributed by atoms with E-state index in [2.05, 4.69) is 34.5 Å². The van der Waals surface area contributed by atoms with E-state index >= 15 is 0 Å². The molecule has 0 spiro atoms. The van der Waals surface area contributed by atoms with Gasteiger partial charge in [-0.15, -0.1) is 0 Å². The fraction of sp³-hybridized carbons (Fsp3) is 0.323. The number of hydrogen-bond donors (Lipinski definition) is 1. The molecule has 0 bridgehead atoms. The van der Waals surface area contributed by atoms with Gasteiger partial charge in [0.15, 0.2) is 0 Å². The van der Waals surface area contributed by atoms with Gasteiger partial charge in [0.25, 0.3) is 5.56 Å². The maximum absolute atomic E-state index is 13.2. The number of hydrogen-bond acceptors (Lipinski definition) is 4. The number of likely N-dealkylation sites (tertiary alicyclic amines) is 1. The van der Waals surface area contributed by atoms with Crippen LogP contribution in [0.3, 0.4) is 0 Å². The molecule has 1 aliphatic rings. The highest BCUT2D eigenvalue weighted by atomic mass is 16.1. The highest BCUT2D eigenvalue weighted by Crippen LogP contribution is 2.29. The average molecular weight is 495 g/mol. The first kappa shape index (κ1) is 24.9. The number of nitrogens with one attached hydrogen (secondary N) is 1. The van der Waals surface area contributed by atoms with Gasteiger partial charge >= 0.3 is 0 Å². The number of amides is 1. The van der Waals surface area contributed by atoms with E-state index in [0.717, 1.165) is 61.1 Å². The van der Waals surface area contributed by atoms with Crippen molar-refractivity contribution in [1.82, 2.24) is 14.7 Å². The largest absolute Gasteiger partial charge is 0.326 e. The Morgan fingerprint density at radius 2 is 1.65 bits per heavy atom. The molecule has 4 aromatic rings. The SMILES string of the molecule is CC(=O)Nc1cccc(C2CCN(CCCn3nc(Cc4ccccc4)c4ccccc4c3=O)CC2)c1. The van der Waals surface area contributed by atoms with Gasteiger partial charge in [-0.05, 0) is 74.1 Å². The van der Waals surface area contributed by atoms with Crippen molar-refractivity contribution in [3.63, 3.8) is 0 Å². The molecule has 1 saturated heterocycles. The number of fused-ring (bicyclic) bond motifs is 1. The van der Waals surface area contributed by atoms with Gasteiger partial charge in [0.05, 0.1) is 11.1 Å². The Bertz CT molecular complexity index is 1420. The Morgan fingerprint density at radius 1 is 0.919 bits per heavy atom. The number of aryl methyl sites for hydroxylation is 1. The zero-order chi connectivity index (χ0) is 25.6. The van der Waals surface area contributed by atoms with Crippen molar-refractivity contribution in [2.24, 2.45) is 0 Å². The predicted molar refractivity (Wildman–Crippen MR) is 149 cm³/mol. The molecular weight excluding hydrogens is 460 g/mol. The van der Waals surface area contributed by atoms with Crippen molar-refractivity contribution in [2.45, 2.75) is 45.1 Å². The molecule has 6 nitrogen and oxygen atoms in total. The summed E-state index contributed by atoms with van der Waals surface area (Å²) in [7, 11) is 0. The zero-order valence-electron chi connectivity index (χ0n) is 21.4. The molecule has 1 amide bonds. The van der Waals surface area contributed by atoms with Crippen molar-refractivity contribution in [3.8, 4) is 0 Å². The van der Waals surface area contributed by atoms with Gasteiger partial charge in [0.2, 0.25) is 5.91 Å². The summed E-state index contributed by atoms with van der Waals surface area (Å²) in [6.07, 6.45) is 3.79. The normalized spacial score (nSPS) is 14.6. The first-order valence-corrected chi connectivity index (χ1v) is 13.2. The van der Waals surface area contributed by atoms with Crippen molar-refractivity contribution in [3.05, 3.63) is 106 Å². The highest BCUT2D eigenvalue weighted by molar-refractivity contribution is 5.88. The van der Waals surface area contributed by atoms with E-state index in [9.17, 15) is 9.59 Å². The number of carbonyl (C=O) groups excluding carboxylic acids is 1. The molecule has 5 rings (SSSR count). The molecule has 0 unspecified atom stereocenters. The van der Waals surface area contributed by atoms with Crippen LogP contribution in [0.1, 0.15) is 48.9 Å². The van der Waals surface area contributed by atoms with E-state index in [1.807, 2.05) is 54.6 Å². The minimum atomic E-state index is -0.0424. The third-order valence-electron chi connectivity index (χ3n) is 7.27. The van der Waals surface area contributed by atoms with E-state index in [-0.39, 0.29) is 11.5 Å². The monoisotopic (exact) mass is 494 g/mol. The van der Waals surface area contributed by atoms with Gasteiger partial charge in [-0.3, -0.25) is 9.59 Å². The van der Waals surface area contributed by atoms with Crippen LogP contribution in [0.4, 0.5) is 5.69 Å². The Hall–Kier alpha value is -3.77. The van der Waals surface area contributed by atoms with Crippen LogP contribution in [-0.2, 0) is 17.8 Å². The minimum absolute atomic E-state index is 0.00910. The Morgan fingerprint density at radius 3 is 2.41 bits per heavy atom. The van der Waals surface area contributed by atoms with E-state index in [4.69, 9.17) is 5.10 Å². The summed E-state index contributed by atoms with van der Waals surface area (Å²) >= 11 is 0. The third kappa shape index (κ3) is 6.15. The molecule has 6 heteroatoms. The number of benzene rings is 3. The molecule has 37 heavy (non-hydrogen) atoms. The lowest BCUT2D eigenvalue weighted by atomic mass is 9.89. The molecule has 190 valence electrons. The van der Waals surface area contributed by atoms with Gasteiger partial charge in [-0.2, -0.15) is 5.10 Å². The fourth-order valence-corrected chi connectivity index (χ4v) is 5.38. The zero-order valence-corrected chi connectivity index (χ0v) is 21.4. The van der Waals surface area contributed by atoms with Gasteiger partial charge in [-0.25, -0.2) is 4.68 Å². The van der Waals surface area contributed by atoms with E-state index in [1.54, 1.807) is 4.68 Å². The van der Waals surface area contributed by atoms with Crippen LogP contribution >= 0.6 is 0 Å². The topological polar surface area (TPSA) is 67.2 Å². The number of carbonyl (C=O) groups is 1. The molecule has 1 aliphatic heterocycles. The summed E-state index contributed by atoms with van der Waals surface area (Å²) in [5.41, 5.74) is 4.29. The Kier molecular flexibility index (Phi) is 7.76. The number of anilines is 1. The van der Waals surface area contributed by atoms with Crippen LogP contribution in [0.5, 0.6) is 0 Å². The summed E-state index contributed by atoms with van der Waals surface area (Å²) in [6.45, 7) is 5.18. The second-order valence-corrected chi connectivity index (χ2v) is 9.96. The second-order valence-electron chi connectivity index (χ2n) is 9.96. The molecule has 1 fully saturated rings. The lowest BCUT2D eigenvalue weighted by molar-refractivity contribution is -0.114. The van der Waals surface area contributed by atoms with Crippen LogP contribution < -0.4 is 10.9 Å². The molecule has 0 saturated carbocycles. The predicted octanol–water partition coefficient (Wildman–Crippen LogP) is 5.22. The smallest absolute Gasteiger partial charge is 0.274 e. The van der Waals surface area contributed by atoms with Gasteiger partial charge in [0.1, 0.15) is 0 Å². The molecule has 0 atom stereocenters. The van der Waals surface area contributed by atoms with Gasteiger partial charge < -0.3 is 10.2 Å². The van der Waals surface area contributed by atoms with Crippen LogP contribution in [0.25, 0.3) is 10.8 Å². The molecule has 0 radical (unpaired) electrons. The van der Waals surface area contributed by atoms with E-state index in [0.29, 0.717) is 18.9 Å². The Labute approximate surface area is 217 Å². The van der Waals surface area contributed by atoms with Crippen molar-refractivity contribution >= 4 is 22.4 Å². The second kappa shape index (κ2) is 11.5. The molecule has 3 aromatic carbocycles. The van der Waals surface area contributed by atoms with Gasteiger partial charge in [0, 0.05) is 31.0 Å². The fourth-order valence-electron chi connectivity index (χ4n) is 5.38. The minimum Gasteiger partial charge on any atom is -0.326 e. The average Bonchev–Trinajstić information content (AvgIpc) is 2.92. The molecule has 1 aromatic heterocycles. The van der Waals surface area contributed by atoms with Crippen molar-refractivity contribution in [1.29, 1.82) is 0 Å². The standard InChI is InChI=1S/C31H34N4O2/c1-23(36)32-27-12-7-11-26(22-27)25-15-19-34(20-16-25)17-8-18-35-31(37)29-14-6-5-13-28(29)30(33-35)21-24-9-3-2-4-10-24/h2-7,9-14,22,25H,8,15-21H2,1H3,(H,32,36). The summed E-state index contributed by atoms with van der Waals surface area (Å²) in [6, 6.07) is 26.3. The van der Waals surface area contributed by atoms with Gasteiger partial charge in [-0.1, -0.05) is 60.7 Å². The molecule has 2 heterocycles. The summed E-state index contributed by atoms with van der Waals surface area (Å²) in [5.74, 6) is 0.467. The number of piperidine rings is 1. The quantitative estimate of drug-likeness (QED) is 0.365. The number of rotatable bonds is 8.